The van der Waals surface area contributed by atoms with E-state index in [0.29, 0.717) is 0 Å². The van der Waals surface area contributed by atoms with Gasteiger partial charge in [0.15, 0.2) is 5.82 Å². The second kappa shape index (κ2) is 8.03. The Labute approximate surface area is 175 Å². The van der Waals surface area contributed by atoms with Gasteiger partial charge in [-0.25, -0.2) is 13.6 Å². The predicted molar refractivity (Wildman–Crippen MR) is 107 cm³/mol. The summed E-state index contributed by atoms with van der Waals surface area (Å²) in [6, 6.07) is 3.10. The SMILES string of the molecule is [C-]#[N+]c1cnc2[nH]cc(C(=O)c3c(F)ccc(NS(=O)(=O)N4CCOCC4)c3F)c2c1. The lowest BCUT2D eigenvalue weighted by atomic mass is 10.0. The minimum atomic E-state index is -4.13. The molecule has 0 aliphatic carbocycles. The third kappa shape index (κ3) is 3.86. The number of carbonyl (C=O) groups excluding carboxylic acids is 1. The molecule has 3 heterocycles. The second-order valence-corrected chi connectivity index (χ2v) is 8.31. The average Bonchev–Trinajstić information content (AvgIpc) is 3.19. The highest BCUT2D eigenvalue weighted by Crippen LogP contribution is 2.29. The molecule has 4 rings (SSSR count). The number of fused-ring (bicyclic) bond motifs is 1. The molecular weight excluding hydrogens is 432 g/mol. The van der Waals surface area contributed by atoms with E-state index in [4.69, 9.17) is 11.3 Å². The van der Waals surface area contributed by atoms with Gasteiger partial charge in [0.2, 0.25) is 11.5 Å². The molecule has 1 saturated heterocycles. The van der Waals surface area contributed by atoms with Gasteiger partial charge in [-0.15, -0.1) is 0 Å². The van der Waals surface area contributed by atoms with Crippen LogP contribution in [0.3, 0.4) is 0 Å². The van der Waals surface area contributed by atoms with Crippen molar-refractivity contribution in [1.82, 2.24) is 14.3 Å². The van der Waals surface area contributed by atoms with Crippen LogP contribution < -0.4 is 4.72 Å². The highest BCUT2D eigenvalue weighted by Gasteiger charge is 2.29. The Morgan fingerprint density at radius 2 is 2.03 bits per heavy atom. The van der Waals surface area contributed by atoms with Gasteiger partial charge in [0.25, 0.3) is 0 Å². The van der Waals surface area contributed by atoms with Crippen LogP contribution in [0, 0.1) is 18.2 Å². The van der Waals surface area contributed by atoms with E-state index in [1.165, 1.54) is 18.5 Å². The molecule has 2 N–H and O–H groups in total. The number of morpholine rings is 1. The van der Waals surface area contributed by atoms with E-state index in [-0.39, 0.29) is 48.6 Å². The quantitative estimate of drug-likeness (QED) is 0.462. The molecule has 0 unspecified atom stereocenters. The maximum absolute atomic E-state index is 15.1. The molecule has 12 heteroatoms. The number of ketones is 1. The number of rotatable bonds is 5. The summed E-state index contributed by atoms with van der Waals surface area (Å²) in [4.78, 5) is 22.9. The van der Waals surface area contributed by atoms with Gasteiger partial charge in [0, 0.05) is 36.4 Å². The highest BCUT2D eigenvalue weighted by atomic mass is 32.2. The van der Waals surface area contributed by atoms with Crippen molar-refractivity contribution in [3.05, 3.63) is 64.8 Å². The number of pyridine rings is 1. The first kappa shape index (κ1) is 20.9. The summed E-state index contributed by atoms with van der Waals surface area (Å²) in [6.07, 6.45) is 2.53. The highest BCUT2D eigenvalue weighted by molar-refractivity contribution is 7.90. The van der Waals surface area contributed by atoms with Crippen LogP contribution in [0.25, 0.3) is 15.9 Å². The summed E-state index contributed by atoms with van der Waals surface area (Å²) in [7, 11) is -4.13. The smallest absolute Gasteiger partial charge is 0.301 e. The first-order chi connectivity index (χ1) is 14.8. The lowest BCUT2D eigenvalue weighted by Crippen LogP contribution is -2.43. The molecule has 3 aromatic rings. The zero-order valence-corrected chi connectivity index (χ0v) is 16.7. The van der Waals surface area contributed by atoms with E-state index in [9.17, 15) is 17.6 Å². The number of halogens is 2. The number of H-pyrrole nitrogens is 1. The topological polar surface area (TPSA) is 109 Å². The number of hydrogen-bond acceptors (Lipinski definition) is 5. The van der Waals surface area contributed by atoms with Gasteiger partial charge < -0.3 is 9.72 Å². The standard InChI is InChI=1S/C19H15F2N5O4S/c1-22-11-8-12-13(10-24-19(12)23-9-11)18(27)16-14(20)2-3-15(17(16)21)25-31(28,29)26-4-6-30-7-5-26/h2-3,8-10,25H,4-7H2,(H,23,24). The van der Waals surface area contributed by atoms with Crippen molar-refractivity contribution in [3.63, 3.8) is 0 Å². The summed E-state index contributed by atoms with van der Waals surface area (Å²) in [5.41, 5.74) is -1.17. The predicted octanol–water partition coefficient (Wildman–Crippen LogP) is 2.61. The fourth-order valence-electron chi connectivity index (χ4n) is 3.21. The number of aromatic nitrogens is 2. The van der Waals surface area contributed by atoms with Crippen LogP contribution in [0.2, 0.25) is 0 Å². The Kier molecular flexibility index (Phi) is 5.40. The minimum Gasteiger partial charge on any atom is -0.379 e. The Morgan fingerprint density at radius 3 is 2.74 bits per heavy atom. The van der Waals surface area contributed by atoms with Gasteiger partial charge in [0.05, 0.1) is 31.0 Å². The maximum Gasteiger partial charge on any atom is 0.301 e. The maximum atomic E-state index is 15.1. The minimum absolute atomic E-state index is 0.0790. The molecule has 0 saturated carbocycles. The second-order valence-electron chi connectivity index (χ2n) is 6.64. The molecule has 2 aromatic heterocycles. The largest absolute Gasteiger partial charge is 0.379 e. The molecule has 160 valence electrons. The van der Waals surface area contributed by atoms with Crippen LogP contribution in [0.4, 0.5) is 20.2 Å². The summed E-state index contributed by atoms with van der Waals surface area (Å²) in [5.74, 6) is -3.51. The molecule has 1 aromatic carbocycles. The average molecular weight is 447 g/mol. The zero-order valence-electron chi connectivity index (χ0n) is 15.9. The molecule has 0 atom stereocenters. The molecule has 9 nitrogen and oxygen atoms in total. The molecule has 0 spiro atoms. The van der Waals surface area contributed by atoms with Crippen LogP contribution in [-0.2, 0) is 14.9 Å². The van der Waals surface area contributed by atoms with Crippen LogP contribution in [-0.4, -0.2) is 54.8 Å². The lowest BCUT2D eigenvalue weighted by molar-refractivity contribution is 0.0733. The Morgan fingerprint density at radius 1 is 1.29 bits per heavy atom. The third-order valence-corrected chi connectivity index (χ3v) is 6.28. The van der Waals surface area contributed by atoms with Crippen molar-refractivity contribution in [2.75, 3.05) is 31.0 Å². The number of hydrogen-bond donors (Lipinski definition) is 2. The monoisotopic (exact) mass is 447 g/mol. The molecule has 0 bridgehead atoms. The van der Waals surface area contributed by atoms with Crippen LogP contribution in [0.1, 0.15) is 15.9 Å². The summed E-state index contributed by atoms with van der Waals surface area (Å²) in [5, 5.41) is 0.219. The van der Waals surface area contributed by atoms with Crippen molar-refractivity contribution >= 4 is 38.4 Å². The van der Waals surface area contributed by atoms with E-state index in [0.717, 1.165) is 16.4 Å². The first-order valence-electron chi connectivity index (χ1n) is 9.05. The number of nitrogens with one attached hydrogen (secondary N) is 2. The van der Waals surface area contributed by atoms with E-state index >= 15 is 4.39 Å². The summed E-state index contributed by atoms with van der Waals surface area (Å²) >= 11 is 0. The molecule has 1 aliphatic rings. The number of nitrogens with zero attached hydrogens (tertiary/aromatic N) is 3. The van der Waals surface area contributed by atoms with Crippen LogP contribution in [0.15, 0.2) is 30.6 Å². The fourth-order valence-corrected chi connectivity index (χ4v) is 4.40. The number of ether oxygens (including phenoxy) is 1. The van der Waals surface area contributed by atoms with Crippen molar-refractivity contribution in [3.8, 4) is 0 Å². The van der Waals surface area contributed by atoms with Crippen molar-refractivity contribution in [2.45, 2.75) is 0 Å². The molecule has 1 fully saturated rings. The normalized spacial score (nSPS) is 15.0. The van der Waals surface area contributed by atoms with Gasteiger partial charge in [-0.05, 0) is 18.2 Å². The van der Waals surface area contributed by atoms with Crippen molar-refractivity contribution < 1.29 is 26.7 Å². The fraction of sp³-hybridized carbons (Fsp3) is 0.211. The molecule has 31 heavy (non-hydrogen) atoms. The molecule has 0 amide bonds. The number of aromatic amines is 1. The Bertz CT molecular complexity index is 1330. The lowest BCUT2D eigenvalue weighted by Gasteiger charge is -2.26. The van der Waals surface area contributed by atoms with Crippen LogP contribution in [0.5, 0.6) is 0 Å². The zero-order chi connectivity index (χ0) is 22.2. The summed E-state index contributed by atoms with van der Waals surface area (Å²) < 4.78 is 62.9. The molecule has 0 radical (unpaired) electrons. The van der Waals surface area contributed by atoms with E-state index in [1.54, 1.807) is 0 Å². The van der Waals surface area contributed by atoms with Gasteiger partial charge in [0.1, 0.15) is 11.5 Å². The third-order valence-electron chi connectivity index (χ3n) is 4.76. The Balaban J connectivity index is 1.73. The first-order valence-corrected chi connectivity index (χ1v) is 10.5. The van der Waals surface area contributed by atoms with E-state index < -0.39 is 38.9 Å². The Hall–Kier alpha value is -3.40. The summed E-state index contributed by atoms with van der Waals surface area (Å²) in [6.45, 7) is 7.61. The molecule has 1 aliphatic heterocycles. The molecular formula is C19H15F2N5O4S. The van der Waals surface area contributed by atoms with Gasteiger partial charge in [-0.3, -0.25) is 14.5 Å². The van der Waals surface area contributed by atoms with Crippen molar-refractivity contribution in [2.24, 2.45) is 0 Å². The van der Waals surface area contributed by atoms with E-state index in [1.807, 2.05) is 0 Å². The van der Waals surface area contributed by atoms with Gasteiger partial charge in [-0.2, -0.15) is 12.7 Å². The van der Waals surface area contributed by atoms with E-state index in [2.05, 4.69) is 19.5 Å². The van der Waals surface area contributed by atoms with Gasteiger partial charge >= 0.3 is 10.2 Å². The van der Waals surface area contributed by atoms with Crippen LogP contribution >= 0.6 is 0 Å². The number of anilines is 1. The van der Waals surface area contributed by atoms with Gasteiger partial charge in [-0.1, -0.05) is 0 Å². The number of carbonyl (C=O) groups is 1. The van der Waals surface area contributed by atoms with Crippen molar-refractivity contribution in [1.29, 1.82) is 0 Å². The number of benzene rings is 1.